The average Bonchev–Trinajstić information content (AvgIpc) is 3.08. The van der Waals surface area contributed by atoms with Crippen molar-refractivity contribution < 1.29 is 9.84 Å². The third-order valence-electron chi connectivity index (χ3n) is 3.57. The summed E-state index contributed by atoms with van der Waals surface area (Å²) < 4.78 is 5.19. The van der Waals surface area contributed by atoms with Crippen LogP contribution in [0.15, 0.2) is 40.7 Å². The predicted molar refractivity (Wildman–Crippen MR) is 95.5 cm³/mol. The van der Waals surface area contributed by atoms with E-state index in [4.69, 9.17) is 4.74 Å². The van der Waals surface area contributed by atoms with Crippen molar-refractivity contribution in [2.75, 3.05) is 27.7 Å². The van der Waals surface area contributed by atoms with Crippen molar-refractivity contribution in [2.45, 2.75) is 13.0 Å². The standard InChI is InChI=1S/C17H23N3O2S/c1-18-17(20(2)9-8-15-5-4-10-23-15)19-12-13-11-14(22-3)6-7-16(13)21/h4-7,10-11,21H,8-9,12H2,1-3H3,(H,18,19). The maximum Gasteiger partial charge on any atom is 0.193 e. The van der Waals surface area contributed by atoms with Gasteiger partial charge in [0.2, 0.25) is 0 Å². The summed E-state index contributed by atoms with van der Waals surface area (Å²) in [6, 6.07) is 9.41. The number of aromatic hydroxyl groups is 1. The molecule has 6 heteroatoms. The van der Waals surface area contributed by atoms with Crippen LogP contribution in [0.3, 0.4) is 0 Å². The average molecular weight is 333 g/mol. The van der Waals surface area contributed by atoms with Gasteiger partial charge in [-0.3, -0.25) is 4.99 Å². The first-order valence-electron chi connectivity index (χ1n) is 7.44. The second kappa shape index (κ2) is 8.43. The Morgan fingerprint density at radius 2 is 2.22 bits per heavy atom. The van der Waals surface area contributed by atoms with Gasteiger partial charge < -0.3 is 20.1 Å². The minimum atomic E-state index is 0.245. The molecule has 0 aliphatic carbocycles. The maximum atomic E-state index is 9.94. The van der Waals surface area contributed by atoms with Crippen LogP contribution in [-0.2, 0) is 13.0 Å². The van der Waals surface area contributed by atoms with Crippen LogP contribution < -0.4 is 10.1 Å². The summed E-state index contributed by atoms with van der Waals surface area (Å²) in [5.74, 6) is 1.76. The largest absolute Gasteiger partial charge is 0.508 e. The molecular formula is C17H23N3O2S. The lowest BCUT2D eigenvalue weighted by atomic mass is 10.2. The summed E-state index contributed by atoms with van der Waals surface area (Å²) in [5, 5.41) is 15.3. The zero-order chi connectivity index (χ0) is 16.7. The first-order chi connectivity index (χ1) is 11.1. The fraction of sp³-hybridized carbons (Fsp3) is 0.353. The van der Waals surface area contributed by atoms with Crippen LogP contribution in [0, 0.1) is 0 Å². The molecule has 0 fully saturated rings. The lowest BCUT2D eigenvalue weighted by Gasteiger charge is -2.22. The van der Waals surface area contributed by atoms with Crippen LogP contribution in [-0.4, -0.2) is 43.7 Å². The van der Waals surface area contributed by atoms with Crippen molar-refractivity contribution in [3.8, 4) is 11.5 Å². The number of aliphatic imine (C=N–C) groups is 1. The van der Waals surface area contributed by atoms with Gasteiger partial charge in [0.1, 0.15) is 11.5 Å². The third-order valence-corrected chi connectivity index (χ3v) is 4.51. The van der Waals surface area contributed by atoms with Gasteiger partial charge in [0, 0.05) is 37.6 Å². The van der Waals surface area contributed by atoms with E-state index in [9.17, 15) is 5.11 Å². The highest BCUT2D eigenvalue weighted by Crippen LogP contribution is 2.22. The molecule has 2 aromatic rings. The predicted octanol–water partition coefficient (Wildman–Crippen LogP) is 2.71. The molecular weight excluding hydrogens is 310 g/mol. The van der Waals surface area contributed by atoms with E-state index in [1.54, 1.807) is 37.6 Å². The Bertz CT molecular complexity index is 641. The Kier molecular flexibility index (Phi) is 6.29. The molecule has 5 nitrogen and oxygen atoms in total. The molecule has 0 amide bonds. The zero-order valence-corrected chi connectivity index (χ0v) is 14.6. The Morgan fingerprint density at radius 1 is 1.39 bits per heavy atom. The monoisotopic (exact) mass is 333 g/mol. The SMILES string of the molecule is CN=C(NCc1cc(OC)ccc1O)N(C)CCc1cccs1. The van der Waals surface area contributed by atoms with Gasteiger partial charge in [-0.2, -0.15) is 0 Å². The number of thiophene rings is 1. The van der Waals surface area contributed by atoms with Crippen LogP contribution in [0.2, 0.25) is 0 Å². The van der Waals surface area contributed by atoms with E-state index >= 15 is 0 Å². The summed E-state index contributed by atoms with van der Waals surface area (Å²) in [6.07, 6.45) is 0.985. The number of hydrogen-bond acceptors (Lipinski definition) is 4. The molecule has 0 atom stereocenters. The Hall–Kier alpha value is -2.21. The highest BCUT2D eigenvalue weighted by molar-refractivity contribution is 7.09. The number of phenolic OH excluding ortho intramolecular Hbond substituents is 1. The lowest BCUT2D eigenvalue weighted by Crippen LogP contribution is -2.39. The molecule has 1 aromatic heterocycles. The first kappa shape index (κ1) is 17.1. The molecule has 1 aromatic carbocycles. The number of ether oxygens (including phenoxy) is 1. The molecule has 2 N–H and O–H groups in total. The van der Waals surface area contributed by atoms with E-state index in [1.807, 2.05) is 13.1 Å². The van der Waals surface area contributed by atoms with Crippen LogP contribution in [0.4, 0.5) is 0 Å². The molecule has 1 heterocycles. The van der Waals surface area contributed by atoms with Gasteiger partial charge in [0.05, 0.1) is 7.11 Å². The zero-order valence-electron chi connectivity index (χ0n) is 13.7. The maximum absolute atomic E-state index is 9.94. The van der Waals surface area contributed by atoms with Crippen LogP contribution in [0.5, 0.6) is 11.5 Å². The summed E-state index contributed by atoms with van der Waals surface area (Å²) >= 11 is 1.77. The smallest absolute Gasteiger partial charge is 0.193 e. The second-order valence-corrected chi connectivity index (χ2v) is 6.18. The summed E-state index contributed by atoms with van der Waals surface area (Å²) in [7, 11) is 5.38. The summed E-state index contributed by atoms with van der Waals surface area (Å²) in [4.78, 5) is 7.74. The minimum absolute atomic E-state index is 0.245. The number of methoxy groups -OCH3 is 1. The van der Waals surface area contributed by atoms with Gasteiger partial charge in [0.15, 0.2) is 5.96 Å². The number of hydrogen-bond donors (Lipinski definition) is 2. The summed E-state index contributed by atoms with van der Waals surface area (Å²) in [5.41, 5.74) is 0.775. The van der Waals surface area contributed by atoms with Crippen molar-refractivity contribution in [3.63, 3.8) is 0 Å². The van der Waals surface area contributed by atoms with Crippen LogP contribution >= 0.6 is 11.3 Å². The van der Waals surface area contributed by atoms with Crippen molar-refractivity contribution in [3.05, 3.63) is 46.2 Å². The van der Waals surface area contributed by atoms with Crippen molar-refractivity contribution in [1.29, 1.82) is 0 Å². The van der Waals surface area contributed by atoms with Crippen LogP contribution in [0.1, 0.15) is 10.4 Å². The molecule has 2 rings (SSSR count). The van der Waals surface area contributed by atoms with E-state index < -0.39 is 0 Å². The molecule has 0 bridgehead atoms. The highest BCUT2D eigenvalue weighted by atomic mass is 32.1. The van der Waals surface area contributed by atoms with Gasteiger partial charge in [-0.25, -0.2) is 0 Å². The molecule has 124 valence electrons. The van der Waals surface area contributed by atoms with E-state index in [0.717, 1.165) is 30.2 Å². The van der Waals surface area contributed by atoms with E-state index in [0.29, 0.717) is 6.54 Å². The fourth-order valence-corrected chi connectivity index (χ4v) is 2.93. The quantitative estimate of drug-likeness (QED) is 0.630. The first-order valence-corrected chi connectivity index (χ1v) is 8.32. The second-order valence-electron chi connectivity index (χ2n) is 5.15. The third kappa shape index (κ3) is 4.89. The number of benzene rings is 1. The van der Waals surface area contributed by atoms with Gasteiger partial charge in [-0.15, -0.1) is 11.3 Å². The van der Waals surface area contributed by atoms with Crippen molar-refractivity contribution in [1.82, 2.24) is 10.2 Å². The fourth-order valence-electron chi connectivity index (χ4n) is 2.23. The molecule has 23 heavy (non-hydrogen) atoms. The molecule has 0 saturated carbocycles. The Morgan fingerprint density at radius 3 is 2.87 bits per heavy atom. The number of nitrogens with one attached hydrogen (secondary N) is 1. The van der Waals surface area contributed by atoms with E-state index in [2.05, 4.69) is 32.7 Å². The van der Waals surface area contributed by atoms with Crippen molar-refractivity contribution in [2.24, 2.45) is 4.99 Å². The van der Waals surface area contributed by atoms with Crippen molar-refractivity contribution >= 4 is 17.3 Å². The topological polar surface area (TPSA) is 57.1 Å². The number of phenols is 1. The molecule has 0 aliphatic heterocycles. The molecule has 0 radical (unpaired) electrons. The molecule has 0 spiro atoms. The van der Waals surface area contributed by atoms with Gasteiger partial charge in [0.25, 0.3) is 0 Å². The number of nitrogens with zero attached hydrogens (tertiary/aromatic N) is 2. The Balaban J connectivity index is 1.91. The number of rotatable bonds is 6. The van der Waals surface area contributed by atoms with Gasteiger partial charge in [-0.05, 0) is 36.1 Å². The molecule has 0 unspecified atom stereocenters. The van der Waals surface area contributed by atoms with Crippen LogP contribution in [0.25, 0.3) is 0 Å². The highest BCUT2D eigenvalue weighted by Gasteiger charge is 2.09. The van der Waals surface area contributed by atoms with Gasteiger partial charge in [-0.1, -0.05) is 6.07 Å². The van der Waals surface area contributed by atoms with E-state index in [1.165, 1.54) is 4.88 Å². The number of guanidine groups is 1. The number of likely N-dealkylation sites (N-methyl/N-ethyl adjacent to an activating group) is 1. The summed E-state index contributed by atoms with van der Waals surface area (Å²) in [6.45, 7) is 1.36. The van der Waals surface area contributed by atoms with E-state index in [-0.39, 0.29) is 5.75 Å². The molecule has 0 saturated heterocycles. The molecule has 0 aliphatic rings. The Labute approximate surface area is 141 Å². The normalized spacial score (nSPS) is 11.3. The lowest BCUT2D eigenvalue weighted by molar-refractivity contribution is 0.410. The van der Waals surface area contributed by atoms with Gasteiger partial charge >= 0.3 is 0 Å². The minimum Gasteiger partial charge on any atom is -0.508 e.